The molecule has 1 saturated carbocycles. The van der Waals surface area contributed by atoms with E-state index in [1.807, 2.05) is 6.92 Å². The van der Waals surface area contributed by atoms with Gasteiger partial charge >= 0.3 is 6.18 Å². The maximum Gasteiger partial charge on any atom is 0.433 e. The SMILES string of the molecule is CC1CCCC(O)(CNc2cc(C(F)(F)F)nc(Cl)n2)C1. The monoisotopic (exact) mass is 323 g/mol. The predicted molar refractivity (Wildman–Crippen MR) is 73.1 cm³/mol. The third-order valence-corrected chi connectivity index (χ3v) is 3.82. The van der Waals surface area contributed by atoms with E-state index >= 15 is 0 Å². The quantitative estimate of drug-likeness (QED) is 0.836. The molecule has 1 fully saturated rings. The fourth-order valence-corrected chi connectivity index (χ4v) is 2.88. The summed E-state index contributed by atoms with van der Waals surface area (Å²) < 4.78 is 37.9. The molecule has 0 bridgehead atoms. The van der Waals surface area contributed by atoms with Crippen LogP contribution in [0.15, 0.2) is 6.07 Å². The van der Waals surface area contributed by atoms with Crippen molar-refractivity contribution in [1.29, 1.82) is 0 Å². The average Bonchev–Trinajstić information content (AvgIpc) is 2.34. The average molecular weight is 324 g/mol. The van der Waals surface area contributed by atoms with Crippen molar-refractivity contribution in [1.82, 2.24) is 9.97 Å². The van der Waals surface area contributed by atoms with Gasteiger partial charge in [-0.25, -0.2) is 9.97 Å². The predicted octanol–water partition coefficient (Wildman–Crippen LogP) is 3.50. The van der Waals surface area contributed by atoms with Crippen LogP contribution in [0.25, 0.3) is 0 Å². The van der Waals surface area contributed by atoms with Crippen LogP contribution in [-0.4, -0.2) is 27.2 Å². The summed E-state index contributed by atoms with van der Waals surface area (Å²) >= 11 is 5.51. The first-order valence-electron chi connectivity index (χ1n) is 6.76. The van der Waals surface area contributed by atoms with Gasteiger partial charge in [-0.3, -0.25) is 0 Å². The fourth-order valence-electron chi connectivity index (χ4n) is 2.70. The van der Waals surface area contributed by atoms with Gasteiger partial charge in [-0.1, -0.05) is 19.8 Å². The molecule has 0 aliphatic heterocycles. The Bertz CT molecular complexity index is 512. The second-order valence-corrected chi connectivity index (χ2v) is 6.02. The molecule has 2 atom stereocenters. The van der Waals surface area contributed by atoms with Crippen LogP contribution in [0.1, 0.15) is 38.3 Å². The molecule has 21 heavy (non-hydrogen) atoms. The fraction of sp³-hybridized carbons (Fsp3) is 0.692. The first-order chi connectivity index (χ1) is 9.68. The van der Waals surface area contributed by atoms with Crippen LogP contribution in [0, 0.1) is 5.92 Å². The summed E-state index contributed by atoms with van der Waals surface area (Å²) in [7, 11) is 0. The van der Waals surface area contributed by atoms with Crippen molar-refractivity contribution in [2.75, 3.05) is 11.9 Å². The Morgan fingerprint density at radius 1 is 1.48 bits per heavy atom. The molecule has 2 N–H and O–H groups in total. The minimum atomic E-state index is -4.58. The molecule has 2 unspecified atom stereocenters. The van der Waals surface area contributed by atoms with E-state index in [4.69, 9.17) is 11.6 Å². The van der Waals surface area contributed by atoms with E-state index in [1.165, 1.54) is 0 Å². The second-order valence-electron chi connectivity index (χ2n) is 5.68. The molecule has 8 heteroatoms. The summed E-state index contributed by atoms with van der Waals surface area (Å²) in [6.45, 7) is 2.19. The highest BCUT2D eigenvalue weighted by atomic mass is 35.5. The lowest BCUT2D eigenvalue weighted by molar-refractivity contribution is -0.141. The second kappa shape index (κ2) is 5.96. The van der Waals surface area contributed by atoms with Gasteiger partial charge in [0.15, 0.2) is 5.69 Å². The molecular formula is C13H17ClF3N3O. The summed E-state index contributed by atoms with van der Waals surface area (Å²) in [5, 5.41) is 12.7. The number of nitrogens with zero attached hydrogens (tertiary/aromatic N) is 2. The molecule has 0 spiro atoms. The molecule has 1 aromatic rings. The van der Waals surface area contributed by atoms with Gasteiger partial charge in [0.25, 0.3) is 0 Å². The summed E-state index contributed by atoms with van der Waals surface area (Å²) in [5.41, 5.74) is -2.03. The van der Waals surface area contributed by atoms with Gasteiger partial charge in [-0.2, -0.15) is 13.2 Å². The maximum absolute atomic E-state index is 12.6. The highest BCUT2D eigenvalue weighted by Crippen LogP contribution is 2.33. The number of anilines is 1. The number of halogens is 4. The number of nitrogens with one attached hydrogen (secondary N) is 1. The molecular weight excluding hydrogens is 307 g/mol. The summed E-state index contributed by atoms with van der Waals surface area (Å²) in [5.74, 6) is 0.360. The largest absolute Gasteiger partial charge is 0.433 e. The van der Waals surface area contributed by atoms with E-state index in [0.29, 0.717) is 18.8 Å². The van der Waals surface area contributed by atoms with Crippen LogP contribution in [0.4, 0.5) is 19.0 Å². The minimum Gasteiger partial charge on any atom is -0.388 e. The van der Waals surface area contributed by atoms with Gasteiger partial charge in [0.2, 0.25) is 5.28 Å². The van der Waals surface area contributed by atoms with E-state index in [1.54, 1.807) is 0 Å². The summed E-state index contributed by atoms with van der Waals surface area (Å²) in [6.07, 6.45) is -1.39. The number of aliphatic hydroxyl groups is 1. The van der Waals surface area contributed by atoms with Crippen molar-refractivity contribution in [3.63, 3.8) is 0 Å². The zero-order valence-corrected chi connectivity index (χ0v) is 12.3. The minimum absolute atomic E-state index is 0.0334. The highest BCUT2D eigenvalue weighted by Gasteiger charge is 2.35. The van der Waals surface area contributed by atoms with Gasteiger partial charge in [-0.15, -0.1) is 0 Å². The summed E-state index contributed by atoms with van der Waals surface area (Å²) in [4.78, 5) is 6.87. The molecule has 0 saturated heterocycles. The van der Waals surface area contributed by atoms with E-state index in [-0.39, 0.29) is 12.4 Å². The molecule has 1 aliphatic carbocycles. The van der Waals surface area contributed by atoms with Gasteiger partial charge < -0.3 is 10.4 Å². The van der Waals surface area contributed by atoms with Gasteiger partial charge in [0, 0.05) is 12.6 Å². The van der Waals surface area contributed by atoms with Crippen molar-refractivity contribution < 1.29 is 18.3 Å². The van der Waals surface area contributed by atoms with Gasteiger partial charge in [0.1, 0.15) is 5.82 Å². The standard InChI is InChI=1S/C13H17ClF3N3O/c1-8-3-2-4-12(21,6-8)7-18-10-5-9(13(15,16)17)19-11(14)20-10/h5,8,21H,2-4,6-7H2,1H3,(H,18,19,20). The Kier molecular flexibility index (Phi) is 4.63. The lowest BCUT2D eigenvalue weighted by Gasteiger charge is -2.35. The number of rotatable bonds is 3. The van der Waals surface area contributed by atoms with Crippen molar-refractivity contribution in [2.45, 2.75) is 44.4 Å². The first kappa shape index (κ1) is 16.3. The van der Waals surface area contributed by atoms with Crippen molar-refractivity contribution >= 4 is 17.4 Å². The van der Waals surface area contributed by atoms with Crippen LogP contribution in [0.3, 0.4) is 0 Å². The smallest absolute Gasteiger partial charge is 0.388 e. The number of alkyl halides is 3. The van der Waals surface area contributed by atoms with Crippen LogP contribution in [0.5, 0.6) is 0 Å². The zero-order chi connectivity index (χ0) is 15.7. The Labute approximate surface area is 125 Å². The topological polar surface area (TPSA) is 58.0 Å². The Balaban J connectivity index is 2.08. The van der Waals surface area contributed by atoms with Gasteiger partial charge in [0.05, 0.1) is 5.60 Å². The molecule has 118 valence electrons. The van der Waals surface area contributed by atoms with E-state index in [0.717, 1.165) is 18.9 Å². The molecule has 0 aromatic carbocycles. The van der Waals surface area contributed by atoms with Crippen LogP contribution in [-0.2, 0) is 6.18 Å². The lowest BCUT2D eigenvalue weighted by atomic mass is 9.79. The van der Waals surface area contributed by atoms with Gasteiger partial charge in [-0.05, 0) is 30.4 Å². The van der Waals surface area contributed by atoms with Crippen molar-refractivity contribution in [3.05, 3.63) is 17.0 Å². The van der Waals surface area contributed by atoms with E-state index in [2.05, 4.69) is 15.3 Å². The highest BCUT2D eigenvalue weighted by molar-refractivity contribution is 6.28. The Morgan fingerprint density at radius 2 is 2.19 bits per heavy atom. The molecule has 1 heterocycles. The molecule has 1 aliphatic rings. The first-order valence-corrected chi connectivity index (χ1v) is 7.14. The van der Waals surface area contributed by atoms with Crippen molar-refractivity contribution in [3.8, 4) is 0 Å². The Morgan fingerprint density at radius 3 is 2.81 bits per heavy atom. The van der Waals surface area contributed by atoms with Crippen molar-refractivity contribution in [2.24, 2.45) is 5.92 Å². The Hall–Kier alpha value is -1.08. The number of hydrogen-bond donors (Lipinski definition) is 2. The van der Waals surface area contributed by atoms with Crippen LogP contribution in [0.2, 0.25) is 5.28 Å². The maximum atomic E-state index is 12.6. The molecule has 1 aromatic heterocycles. The van der Waals surface area contributed by atoms with E-state index in [9.17, 15) is 18.3 Å². The van der Waals surface area contributed by atoms with Crippen LogP contribution < -0.4 is 5.32 Å². The van der Waals surface area contributed by atoms with E-state index < -0.39 is 22.8 Å². The number of aromatic nitrogens is 2. The molecule has 4 nitrogen and oxygen atoms in total. The lowest BCUT2D eigenvalue weighted by Crippen LogP contribution is -2.41. The molecule has 0 radical (unpaired) electrons. The summed E-state index contributed by atoms with van der Waals surface area (Å²) in [6, 6.07) is 0.793. The third-order valence-electron chi connectivity index (χ3n) is 3.66. The molecule has 0 amide bonds. The number of hydrogen-bond acceptors (Lipinski definition) is 4. The third kappa shape index (κ3) is 4.44. The normalized spacial score (nSPS) is 26.7. The zero-order valence-electron chi connectivity index (χ0n) is 11.5. The van der Waals surface area contributed by atoms with Crippen LogP contribution >= 0.6 is 11.6 Å². The molecule has 2 rings (SSSR count).